The van der Waals surface area contributed by atoms with E-state index in [1.165, 1.54) is 44.2 Å². The fraction of sp³-hybridized carbons (Fsp3) is 0.0769. The lowest BCUT2D eigenvalue weighted by atomic mass is 9.97. The Kier molecular flexibility index (Phi) is 6.18. The van der Waals surface area contributed by atoms with Crippen LogP contribution in [0.1, 0.15) is 22.3 Å². The Balaban J connectivity index is 1.58. The van der Waals surface area contributed by atoms with Gasteiger partial charge in [0.25, 0.3) is 0 Å². The number of benzene rings is 5. The largest absolute Gasteiger partial charge is 0.309 e. The van der Waals surface area contributed by atoms with Crippen molar-refractivity contribution in [1.29, 1.82) is 5.26 Å². The van der Waals surface area contributed by atoms with E-state index in [1.807, 2.05) is 18.2 Å². The van der Waals surface area contributed by atoms with Crippen LogP contribution < -0.4 is 0 Å². The third-order valence-corrected chi connectivity index (χ3v) is 8.37. The predicted molar refractivity (Wildman–Crippen MR) is 174 cm³/mol. The summed E-state index contributed by atoms with van der Waals surface area (Å²) in [6.07, 6.45) is 3.55. The second kappa shape index (κ2) is 10.2. The minimum atomic E-state index is 0.657. The molecule has 0 unspecified atom stereocenters. The maximum Gasteiger partial charge on any atom is 0.0998 e. The standard InChI is InChI=1S/C39H29N3/c1-25-8-4-6-10-32(25)29-12-14-34-35-15-13-30(33-11-7-5-9-26(33)2)22-39(35)42(38(34)21-29)37-23-36(28-16-18-41-19-17-28)31(24-40)20-27(37)3/h4-23H,1-3H3. The Bertz CT molecular complexity index is 2080. The number of hydrogen-bond acceptors (Lipinski definition) is 2. The van der Waals surface area contributed by atoms with Crippen LogP contribution in [0.2, 0.25) is 0 Å². The lowest BCUT2D eigenvalue weighted by Crippen LogP contribution is -2.00. The first kappa shape index (κ1) is 25.5. The number of aryl methyl sites for hydroxylation is 3. The Labute approximate surface area is 246 Å². The van der Waals surface area contributed by atoms with Crippen molar-refractivity contribution in [3.8, 4) is 45.1 Å². The minimum absolute atomic E-state index is 0.657. The second-order valence-electron chi connectivity index (χ2n) is 11.0. The molecule has 0 N–H and O–H groups in total. The van der Waals surface area contributed by atoms with E-state index in [1.54, 1.807) is 12.4 Å². The summed E-state index contributed by atoms with van der Waals surface area (Å²) in [6.45, 7) is 6.42. The van der Waals surface area contributed by atoms with Crippen LogP contribution in [0.15, 0.2) is 122 Å². The van der Waals surface area contributed by atoms with E-state index in [-0.39, 0.29) is 0 Å². The van der Waals surface area contributed by atoms with Gasteiger partial charge in [-0.15, -0.1) is 0 Å². The number of fused-ring (bicyclic) bond motifs is 3. The molecule has 0 saturated carbocycles. The average molecular weight is 540 g/mol. The first-order chi connectivity index (χ1) is 20.5. The highest BCUT2D eigenvalue weighted by molar-refractivity contribution is 6.11. The molecule has 0 fully saturated rings. The van der Waals surface area contributed by atoms with Crippen LogP contribution in [0, 0.1) is 32.1 Å². The molecule has 7 rings (SSSR count). The molecular formula is C39H29N3. The fourth-order valence-electron chi connectivity index (χ4n) is 6.21. The summed E-state index contributed by atoms with van der Waals surface area (Å²) in [5, 5.41) is 12.5. The van der Waals surface area contributed by atoms with Crippen molar-refractivity contribution >= 4 is 21.8 Å². The van der Waals surface area contributed by atoms with Gasteiger partial charge in [-0.3, -0.25) is 4.98 Å². The van der Waals surface area contributed by atoms with Gasteiger partial charge in [0, 0.05) is 34.4 Å². The molecule has 2 heterocycles. The van der Waals surface area contributed by atoms with Crippen molar-refractivity contribution in [2.75, 3.05) is 0 Å². The van der Waals surface area contributed by atoms with Crippen molar-refractivity contribution < 1.29 is 0 Å². The van der Waals surface area contributed by atoms with Gasteiger partial charge in [0.1, 0.15) is 0 Å². The van der Waals surface area contributed by atoms with Crippen LogP contribution in [0.5, 0.6) is 0 Å². The van der Waals surface area contributed by atoms with Crippen LogP contribution in [0.25, 0.3) is 60.9 Å². The smallest absolute Gasteiger partial charge is 0.0998 e. The molecule has 0 amide bonds. The lowest BCUT2D eigenvalue weighted by Gasteiger charge is -2.16. The Hall–Kier alpha value is -5.46. The van der Waals surface area contributed by atoms with E-state index < -0.39 is 0 Å². The summed E-state index contributed by atoms with van der Waals surface area (Å²) in [5.74, 6) is 0. The maximum absolute atomic E-state index is 10.1. The number of aromatic nitrogens is 2. The summed E-state index contributed by atoms with van der Waals surface area (Å²) in [6, 6.07) is 41.2. The van der Waals surface area contributed by atoms with Gasteiger partial charge in [-0.05, 0) is 102 Å². The molecule has 0 aliphatic rings. The number of rotatable bonds is 4. The Morgan fingerprint density at radius 3 is 1.62 bits per heavy atom. The van der Waals surface area contributed by atoms with E-state index in [0.717, 1.165) is 33.4 Å². The first-order valence-corrected chi connectivity index (χ1v) is 14.2. The normalized spacial score (nSPS) is 11.2. The van der Waals surface area contributed by atoms with Gasteiger partial charge >= 0.3 is 0 Å². The summed E-state index contributed by atoms with van der Waals surface area (Å²) in [4.78, 5) is 4.20. The van der Waals surface area contributed by atoms with E-state index in [4.69, 9.17) is 0 Å². The average Bonchev–Trinajstić information content (AvgIpc) is 3.34. The quantitative estimate of drug-likeness (QED) is 0.223. The van der Waals surface area contributed by atoms with E-state index in [0.29, 0.717) is 5.56 Å². The molecule has 0 atom stereocenters. The summed E-state index contributed by atoms with van der Waals surface area (Å²) in [7, 11) is 0. The van der Waals surface area contributed by atoms with Crippen LogP contribution in [0.4, 0.5) is 0 Å². The van der Waals surface area contributed by atoms with Gasteiger partial charge in [0.15, 0.2) is 0 Å². The molecule has 0 radical (unpaired) electrons. The number of nitrogens with zero attached hydrogens (tertiary/aromatic N) is 3. The zero-order valence-electron chi connectivity index (χ0n) is 23.9. The van der Waals surface area contributed by atoms with Crippen molar-refractivity contribution in [3.63, 3.8) is 0 Å². The highest BCUT2D eigenvalue weighted by atomic mass is 15.0. The second-order valence-corrected chi connectivity index (χ2v) is 11.0. The third kappa shape index (κ3) is 4.17. The monoisotopic (exact) mass is 539 g/mol. The number of pyridine rings is 1. The maximum atomic E-state index is 10.1. The number of hydrogen-bond donors (Lipinski definition) is 0. The van der Waals surface area contributed by atoms with Gasteiger partial charge < -0.3 is 4.57 Å². The van der Waals surface area contributed by atoms with E-state index >= 15 is 0 Å². The van der Waals surface area contributed by atoms with E-state index in [9.17, 15) is 5.26 Å². The van der Waals surface area contributed by atoms with Crippen molar-refractivity contribution in [2.24, 2.45) is 0 Å². The van der Waals surface area contributed by atoms with Gasteiger partial charge in [0.2, 0.25) is 0 Å². The zero-order valence-corrected chi connectivity index (χ0v) is 23.9. The summed E-state index contributed by atoms with van der Waals surface area (Å²) < 4.78 is 2.38. The molecular weight excluding hydrogens is 510 g/mol. The highest BCUT2D eigenvalue weighted by Gasteiger charge is 2.19. The van der Waals surface area contributed by atoms with Crippen LogP contribution in [0.3, 0.4) is 0 Å². The summed E-state index contributed by atoms with van der Waals surface area (Å²) in [5.41, 5.74) is 14.2. The van der Waals surface area contributed by atoms with Crippen molar-refractivity contribution in [3.05, 3.63) is 144 Å². The Morgan fingerprint density at radius 1 is 0.548 bits per heavy atom. The SMILES string of the molecule is Cc1ccccc1-c1ccc2c3ccc(-c4ccccc4C)cc3n(-c3cc(-c4ccncc4)c(C#N)cc3C)c2c1. The van der Waals surface area contributed by atoms with Gasteiger partial charge in [-0.1, -0.05) is 72.8 Å². The lowest BCUT2D eigenvalue weighted by molar-refractivity contribution is 1.15. The molecule has 0 bridgehead atoms. The minimum Gasteiger partial charge on any atom is -0.309 e. The zero-order chi connectivity index (χ0) is 28.8. The highest BCUT2D eigenvalue weighted by Crippen LogP contribution is 2.39. The number of nitriles is 1. The molecule has 0 saturated heterocycles. The predicted octanol–water partition coefficient (Wildman–Crippen LogP) is 9.98. The molecule has 0 aliphatic carbocycles. The van der Waals surface area contributed by atoms with Gasteiger partial charge in [-0.2, -0.15) is 5.26 Å². The Morgan fingerprint density at radius 2 is 1.10 bits per heavy atom. The van der Waals surface area contributed by atoms with Crippen LogP contribution in [-0.2, 0) is 0 Å². The molecule has 3 nitrogen and oxygen atoms in total. The van der Waals surface area contributed by atoms with Crippen molar-refractivity contribution in [2.45, 2.75) is 20.8 Å². The summed E-state index contributed by atoms with van der Waals surface area (Å²) >= 11 is 0. The molecule has 5 aromatic carbocycles. The molecule has 3 heteroatoms. The van der Waals surface area contributed by atoms with Gasteiger partial charge in [-0.25, -0.2) is 0 Å². The van der Waals surface area contributed by atoms with E-state index in [2.05, 4.69) is 127 Å². The molecule has 7 aromatic rings. The third-order valence-electron chi connectivity index (χ3n) is 8.37. The first-order valence-electron chi connectivity index (χ1n) is 14.2. The fourth-order valence-corrected chi connectivity index (χ4v) is 6.21. The van der Waals surface area contributed by atoms with Crippen LogP contribution >= 0.6 is 0 Å². The molecule has 200 valence electrons. The molecule has 42 heavy (non-hydrogen) atoms. The van der Waals surface area contributed by atoms with Crippen LogP contribution in [-0.4, -0.2) is 9.55 Å². The molecule has 2 aromatic heterocycles. The van der Waals surface area contributed by atoms with Gasteiger partial charge in [0.05, 0.1) is 22.7 Å². The topological polar surface area (TPSA) is 41.6 Å². The molecule has 0 aliphatic heterocycles. The van der Waals surface area contributed by atoms with Crippen molar-refractivity contribution in [1.82, 2.24) is 9.55 Å². The molecule has 0 spiro atoms.